The molecule has 1 fully saturated rings. The number of amides is 4. The lowest BCUT2D eigenvalue weighted by molar-refractivity contribution is -0.129. The normalized spacial score (nSPS) is 14.2. The molecule has 1 aromatic heterocycles. The fourth-order valence-corrected chi connectivity index (χ4v) is 3.20. The van der Waals surface area contributed by atoms with E-state index in [4.69, 9.17) is 11.6 Å². The Balaban J connectivity index is 1.57. The van der Waals surface area contributed by atoms with E-state index in [2.05, 4.69) is 15.6 Å². The first-order valence-electron chi connectivity index (χ1n) is 9.54. The van der Waals surface area contributed by atoms with E-state index in [9.17, 15) is 14.4 Å². The van der Waals surface area contributed by atoms with E-state index in [1.165, 1.54) is 15.8 Å². The van der Waals surface area contributed by atoms with E-state index < -0.39 is 0 Å². The van der Waals surface area contributed by atoms with Crippen LogP contribution in [0.15, 0.2) is 30.5 Å². The summed E-state index contributed by atoms with van der Waals surface area (Å²) in [5.41, 5.74) is 0.798. The molecule has 10 nitrogen and oxygen atoms in total. The smallest absolute Gasteiger partial charge is 0.321 e. The van der Waals surface area contributed by atoms with E-state index in [-0.39, 0.29) is 30.1 Å². The van der Waals surface area contributed by atoms with E-state index in [1.807, 2.05) is 0 Å². The van der Waals surface area contributed by atoms with Crippen LogP contribution in [-0.2, 0) is 11.3 Å². The first kappa shape index (κ1) is 21.6. The van der Waals surface area contributed by atoms with E-state index in [1.54, 1.807) is 48.2 Å². The minimum absolute atomic E-state index is 0.0186. The van der Waals surface area contributed by atoms with Crippen LogP contribution in [0.3, 0.4) is 0 Å². The molecule has 3 rings (SSSR count). The van der Waals surface area contributed by atoms with Gasteiger partial charge in [-0.2, -0.15) is 0 Å². The lowest BCUT2D eigenvalue weighted by Crippen LogP contribution is -2.39. The maximum atomic E-state index is 12.8. The second-order valence-corrected chi connectivity index (χ2v) is 7.60. The SMILES string of the molecule is CN(C)C(=O)Cn1cc(C(=O)N2CCCN(C(=O)Nc3cccc(Cl)c3)CC2)nn1. The lowest BCUT2D eigenvalue weighted by Gasteiger charge is -2.22. The highest BCUT2D eigenvalue weighted by Gasteiger charge is 2.25. The van der Waals surface area contributed by atoms with Crippen LogP contribution >= 0.6 is 11.6 Å². The number of hydrogen-bond donors (Lipinski definition) is 1. The summed E-state index contributed by atoms with van der Waals surface area (Å²) in [6.45, 7) is 1.82. The van der Waals surface area contributed by atoms with Crippen molar-refractivity contribution in [3.05, 3.63) is 41.2 Å². The van der Waals surface area contributed by atoms with Crippen LogP contribution in [-0.4, -0.2) is 87.8 Å². The molecule has 1 N–H and O–H groups in total. The van der Waals surface area contributed by atoms with Crippen molar-refractivity contribution in [2.24, 2.45) is 0 Å². The highest BCUT2D eigenvalue weighted by molar-refractivity contribution is 6.30. The third-order valence-electron chi connectivity index (χ3n) is 4.70. The zero-order valence-corrected chi connectivity index (χ0v) is 17.7. The molecule has 0 atom stereocenters. The summed E-state index contributed by atoms with van der Waals surface area (Å²) < 4.78 is 1.35. The maximum Gasteiger partial charge on any atom is 0.321 e. The molecule has 0 unspecified atom stereocenters. The Labute approximate surface area is 179 Å². The van der Waals surface area contributed by atoms with E-state index in [0.717, 1.165) is 0 Å². The van der Waals surface area contributed by atoms with Crippen molar-refractivity contribution in [2.75, 3.05) is 45.6 Å². The largest absolute Gasteiger partial charge is 0.347 e. The number of carbonyl (C=O) groups excluding carboxylic acids is 3. The van der Waals surface area contributed by atoms with Crippen LogP contribution in [0.25, 0.3) is 0 Å². The van der Waals surface area contributed by atoms with Gasteiger partial charge in [0.15, 0.2) is 5.69 Å². The van der Waals surface area contributed by atoms with Gasteiger partial charge in [0, 0.05) is 51.0 Å². The Hall–Kier alpha value is -3.14. The Morgan fingerprint density at radius 3 is 2.60 bits per heavy atom. The Bertz CT molecular complexity index is 930. The van der Waals surface area contributed by atoms with Crippen molar-refractivity contribution < 1.29 is 14.4 Å². The summed E-state index contributed by atoms with van der Waals surface area (Å²) in [4.78, 5) is 41.9. The molecular weight excluding hydrogens is 410 g/mol. The minimum Gasteiger partial charge on any atom is -0.347 e. The number of nitrogens with zero attached hydrogens (tertiary/aromatic N) is 6. The van der Waals surface area contributed by atoms with Gasteiger partial charge in [-0.3, -0.25) is 9.59 Å². The molecule has 30 heavy (non-hydrogen) atoms. The number of likely N-dealkylation sites (N-methyl/N-ethyl adjacent to an activating group) is 1. The van der Waals surface area contributed by atoms with Crippen molar-refractivity contribution >= 4 is 35.1 Å². The zero-order valence-electron chi connectivity index (χ0n) is 16.9. The van der Waals surface area contributed by atoms with Gasteiger partial charge in [-0.15, -0.1) is 5.10 Å². The Morgan fingerprint density at radius 2 is 1.87 bits per heavy atom. The van der Waals surface area contributed by atoms with Crippen molar-refractivity contribution in [1.82, 2.24) is 29.7 Å². The Kier molecular flexibility index (Phi) is 6.88. The fraction of sp³-hybridized carbons (Fsp3) is 0.421. The molecule has 1 saturated heterocycles. The third-order valence-corrected chi connectivity index (χ3v) is 4.94. The van der Waals surface area contributed by atoms with Gasteiger partial charge in [-0.05, 0) is 24.6 Å². The molecule has 160 valence electrons. The Morgan fingerprint density at radius 1 is 1.13 bits per heavy atom. The van der Waals surface area contributed by atoms with Gasteiger partial charge in [0.05, 0.1) is 6.20 Å². The van der Waals surface area contributed by atoms with Gasteiger partial charge in [0.2, 0.25) is 5.91 Å². The number of halogens is 1. The van der Waals surface area contributed by atoms with Gasteiger partial charge in [-0.25, -0.2) is 9.48 Å². The van der Waals surface area contributed by atoms with Crippen molar-refractivity contribution in [3.8, 4) is 0 Å². The number of nitrogens with one attached hydrogen (secondary N) is 1. The fourth-order valence-electron chi connectivity index (χ4n) is 3.01. The number of rotatable bonds is 4. The van der Waals surface area contributed by atoms with Crippen LogP contribution in [0.5, 0.6) is 0 Å². The summed E-state index contributed by atoms with van der Waals surface area (Å²) >= 11 is 5.95. The topological polar surface area (TPSA) is 104 Å². The summed E-state index contributed by atoms with van der Waals surface area (Å²) in [5.74, 6) is -0.411. The number of hydrogen-bond acceptors (Lipinski definition) is 5. The second kappa shape index (κ2) is 9.57. The van der Waals surface area contributed by atoms with Crippen molar-refractivity contribution in [2.45, 2.75) is 13.0 Å². The first-order valence-corrected chi connectivity index (χ1v) is 9.92. The minimum atomic E-state index is -0.268. The summed E-state index contributed by atoms with van der Waals surface area (Å²) in [5, 5.41) is 11.1. The summed E-state index contributed by atoms with van der Waals surface area (Å²) in [6.07, 6.45) is 2.11. The molecule has 1 aliphatic rings. The zero-order chi connectivity index (χ0) is 21.7. The molecule has 1 aromatic carbocycles. The molecule has 4 amide bonds. The van der Waals surface area contributed by atoms with Crippen LogP contribution in [0, 0.1) is 0 Å². The molecular formula is C19H24ClN7O3. The molecule has 2 aromatic rings. The average Bonchev–Trinajstić information content (AvgIpc) is 3.02. The predicted octanol–water partition coefficient (Wildman–Crippen LogP) is 1.40. The average molecular weight is 434 g/mol. The molecule has 0 saturated carbocycles. The molecule has 0 radical (unpaired) electrons. The molecule has 0 aliphatic carbocycles. The summed E-state index contributed by atoms with van der Waals surface area (Å²) in [6, 6.07) is 6.71. The molecule has 2 heterocycles. The van der Waals surface area contributed by atoms with Crippen molar-refractivity contribution in [3.63, 3.8) is 0 Å². The standard InChI is InChI=1S/C19H24ClN7O3/c1-24(2)17(28)13-27-12-16(22-23-27)18(29)25-7-4-8-26(10-9-25)19(30)21-15-6-3-5-14(20)11-15/h3,5-6,11-12H,4,7-10,13H2,1-2H3,(H,21,30). The van der Waals surface area contributed by atoms with Gasteiger partial charge < -0.3 is 20.0 Å². The van der Waals surface area contributed by atoms with Gasteiger partial charge >= 0.3 is 6.03 Å². The summed E-state index contributed by atoms with van der Waals surface area (Å²) in [7, 11) is 3.30. The monoisotopic (exact) mass is 433 g/mol. The quantitative estimate of drug-likeness (QED) is 0.784. The number of aromatic nitrogens is 3. The van der Waals surface area contributed by atoms with Crippen LogP contribution < -0.4 is 5.32 Å². The molecule has 0 spiro atoms. The second-order valence-electron chi connectivity index (χ2n) is 7.16. The van der Waals surface area contributed by atoms with Crippen LogP contribution in [0.1, 0.15) is 16.9 Å². The third kappa shape index (κ3) is 5.47. The van der Waals surface area contributed by atoms with Gasteiger partial charge in [0.1, 0.15) is 6.54 Å². The predicted molar refractivity (Wildman–Crippen MR) is 111 cm³/mol. The number of urea groups is 1. The first-order chi connectivity index (χ1) is 14.3. The number of benzene rings is 1. The molecule has 11 heteroatoms. The van der Waals surface area contributed by atoms with E-state index in [0.29, 0.717) is 43.3 Å². The van der Waals surface area contributed by atoms with Gasteiger partial charge in [-0.1, -0.05) is 22.9 Å². The van der Waals surface area contributed by atoms with Crippen LogP contribution in [0.2, 0.25) is 5.02 Å². The lowest BCUT2D eigenvalue weighted by atomic mass is 10.3. The van der Waals surface area contributed by atoms with Crippen LogP contribution in [0.4, 0.5) is 10.5 Å². The molecule has 0 bridgehead atoms. The maximum absolute atomic E-state index is 12.8. The van der Waals surface area contributed by atoms with E-state index >= 15 is 0 Å². The van der Waals surface area contributed by atoms with Gasteiger partial charge in [0.25, 0.3) is 5.91 Å². The number of carbonyl (C=O) groups is 3. The molecule has 1 aliphatic heterocycles. The highest BCUT2D eigenvalue weighted by Crippen LogP contribution is 2.16. The van der Waals surface area contributed by atoms with Crippen molar-refractivity contribution in [1.29, 1.82) is 0 Å². The highest BCUT2D eigenvalue weighted by atomic mass is 35.5. The number of anilines is 1.